The number of hydrogen-bond acceptors (Lipinski definition) is 2. The number of carbonyl (C=O) groups excluding carboxylic acids is 1. The van der Waals surface area contributed by atoms with Crippen LogP contribution in [0.15, 0.2) is 58.3 Å². The second-order valence-corrected chi connectivity index (χ2v) is 5.75. The molecule has 1 aliphatic rings. The molecular weight excluding hydrogens is 282 g/mol. The summed E-state index contributed by atoms with van der Waals surface area (Å²) in [6.07, 6.45) is 0. The fourth-order valence-electron chi connectivity index (χ4n) is 2.17. The van der Waals surface area contributed by atoms with Crippen LogP contribution in [0.3, 0.4) is 0 Å². The molecule has 0 spiro atoms. The van der Waals surface area contributed by atoms with Crippen LogP contribution in [0.2, 0.25) is 0 Å². The Bertz CT molecular complexity index is 637. The lowest BCUT2D eigenvalue weighted by molar-refractivity contribution is -0.115. The highest BCUT2D eigenvalue weighted by Gasteiger charge is 2.30. The largest absolute Gasteiger partial charge is 0.278 e. The Kier molecular flexibility index (Phi) is 3.12. The average Bonchev–Trinajstić information content (AvgIpc) is 2.47. The van der Waals surface area contributed by atoms with Gasteiger partial charge in [-0.1, -0.05) is 24.3 Å². The lowest BCUT2D eigenvalue weighted by Crippen LogP contribution is -2.31. The molecule has 5 heteroatoms. The zero-order valence-electron chi connectivity index (χ0n) is 9.88. The summed E-state index contributed by atoms with van der Waals surface area (Å²) in [5.74, 6) is -0.340. The number of alkyl halides is 1. The molecule has 96 valence electrons. The van der Waals surface area contributed by atoms with Gasteiger partial charge in [0.05, 0.1) is 32.0 Å². The normalized spacial score (nSPS) is 13.8. The Labute approximate surface area is 118 Å². The highest BCUT2D eigenvalue weighted by molar-refractivity contribution is 7.85. The van der Waals surface area contributed by atoms with E-state index in [2.05, 4.69) is 0 Å². The van der Waals surface area contributed by atoms with Gasteiger partial charge in [-0.2, -0.15) is 0 Å². The number of amides is 1. The molecule has 0 unspecified atom stereocenters. The van der Waals surface area contributed by atoms with E-state index in [-0.39, 0.29) is 11.8 Å². The van der Waals surface area contributed by atoms with Gasteiger partial charge in [0.1, 0.15) is 5.88 Å². The van der Waals surface area contributed by atoms with Crippen LogP contribution in [0.1, 0.15) is 0 Å². The minimum atomic E-state index is -1.27. The number of para-hydroxylation sites is 2. The molecule has 0 bridgehead atoms. The van der Waals surface area contributed by atoms with Crippen LogP contribution in [0.4, 0.5) is 11.4 Å². The van der Waals surface area contributed by atoms with Gasteiger partial charge in [0.15, 0.2) is 0 Å². The predicted molar refractivity (Wildman–Crippen MR) is 75.4 cm³/mol. The first-order valence-electron chi connectivity index (χ1n) is 5.73. The first-order chi connectivity index (χ1) is 9.24. The third-order valence-corrected chi connectivity index (χ3v) is 4.69. The van der Waals surface area contributed by atoms with Gasteiger partial charge in [-0.3, -0.25) is 9.69 Å². The lowest BCUT2D eigenvalue weighted by atomic mass is 10.2. The van der Waals surface area contributed by atoms with Crippen molar-refractivity contribution in [3.8, 4) is 0 Å². The zero-order chi connectivity index (χ0) is 13.4. The van der Waals surface area contributed by atoms with Crippen LogP contribution in [-0.4, -0.2) is 16.0 Å². The molecule has 3 rings (SSSR count). The first kappa shape index (κ1) is 12.4. The van der Waals surface area contributed by atoms with Crippen LogP contribution in [0, 0.1) is 0 Å². The number of anilines is 2. The minimum absolute atomic E-state index is 0.116. The number of carbonyl (C=O) groups is 1. The lowest BCUT2D eigenvalue weighted by Gasteiger charge is -2.30. The molecule has 0 radical (unpaired) electrons. The summed E-state index contributed by atoms with van der Waals surface area (Å²) in [7, 11) is -1.27. The zero-order valence-corrected chi connectivity index (χ0v) is 11.4. The van der Waals surface area contributed by atoms with Crippen LogP contribution in [-0.2, 0) is 15.6 Å². The SMILES string of the molecule is O=C(CCl)N1c2ccccc2S(=O)c2ccccc21. The number of nitrogens with zero attached hydrogens (tertiary/aromatic N) is 1. The Morgan fingerprint density at radius 3 is 1.95 bits per heavy atom. The summed E-state index contributed by atoms with van der Waals surface area (Å²) < 4.78 is 12.5. The molecule has 1 heterocycles. The second kappa shape index (κ2) is 4.79. The summed E-state index contributed by atoms with van der Waals surface area (Å²) in [5, 5.41) is 0. The number of fused-ring (bicyclic) bond motifs is 2. The monoisotopic (exact) mass is 291 g/mol. The van der Waals surface area contributed by atoms with E-state index in [0.717, 1.165) is 0 Å². The van der Waals surface area contributed by atoms with Gasteiger partial charge in [0.25, 0.3) is 0 Å². The van der Waals surface area contributed by atoms with Gasteiger partial charge in [-0.25, -0.2) is 4.21 Å². The summed E-state index contributed by atoms with van der Waals surface area (Å²) >= 11 is 5.69. The van der Waals surface area contributed by atoms with E-state index >= 15 is 0 Å². The van der Waals surface area contributed by atoms with Crippen LogP contribution in [0.5, 0.6) is 0 Å². The van der Waals surface area contributed by atoms with Crippen LogP contribution < -0.4 is 4.90 Å². The first-order valence-corrected chi connectivity index (χ1v) is 7.41. The molecule has 3 nitrogen and oxygen atoms in total. The topological polar surface area (TPSA) is 37.4 Å². The van der Waals surface area contributed by atoms with Crippen molar-refractivity contribution in [3.63, 3.8) is 0 Å². The van der Waals surface area contributed by atoms with E-state index in [9.17, 15) is 9.00 Å². The molecule has 2 aromatic carbocycles. The van der Waals surface area contributed by atoms with E-state index in [1.54, 1.807) is 29.2 Å². The maximum atomic E-state index is 12.5. The van der Waals surface area contributed by atoms with Crippen molar-refractivity contribution in [1.82, 2.24) is 0 Å². The van der Waals surface area contributed by atoms with Crippen LogP contribution >= 0.6 is 11.6 Å². The van der Waals surface area contributed by atoms with Gasteiger partial charge < -0.3 is 0 Å². The molecule has 0 saturated carbocycles. The van der Waals surface area contributed by atoms with Gasteiger partial charge in [0.2, 0.25) is 5.91 Å². The summed E-state index contributed by atoms with van der Waals surface area (Å²) in [5.41, 5.74) is 1.29. The van der Waals surface area contributed by atoms with Gasteiger partial charge in [-0.05, 0) is 24.3 Å². The maximum Gasteiger partial charge on any atom is 0.246 e. The van der Waals surface area contributed by atoms with Crippen molar-refractivity contribution < 1.29 is 9.00 Å². The van der Waals surface area contributed by atoms with E-state index in [1.165, 1.54) is 0 Å². The average molecular weight is 292 g/mol. The molecule has 2 aromatic rings. The Morgan fingerprint density at radius 1 is 1.00 bits per heavy atom. The Balaban J connectivity index is 2.29. The highest BCUT2D eigenvalue weighted by atomic mass is 35.5. The van der Waals surface area contributed by atoms with Crippen molar-refractivity contribution in [2.45, 2.75) is 9.79 Å². The molecule has 0 aromatic heterocycles. The fourth-order valence-corrected chi connectivity index (χ4v) is 3.63. The van der Waals surface area contributed by atoms with Gasteiger partial charge >= 0.3 is 0 Å². The number of rotatable bonds is 1. The molecule has 1 amide bonds. The van der Waals surface area contributed by atoms with E-state index in [0.29, 0.717) is 21.2 Å². The van der Waals surface area contributed by atoms with Gasteiger partial charge in [0, 0.05) is 0 Å². The van der Waals surface area contributed by atoms with Crippen molar-refractivity contribution in [3.05, 3.63) is 48.5 Å². The number of halogens is 1. The third-order valence-electron chi connectivity index (χ3n) is 2.98. The number of benzene rings is 2. The van der Waals surface area contributed by atoms with Crippen molar-refractivity contribution >= 4 is 39.7 Å². The molecular formula is C14H10ClNO2S. The highest BCUT2D eigenvalue weighted by Crippen LogP contribution is 2.41. The fraction of sp³-hybridized carbons (Fsp3) is 0.0714. The van der Waals surface area contributed by atoms with Crippen molar-refractivity contribution in [2.24, 2.45) is 0 Å². The minimum Gasteiger partial charge on any atom is -0.278 e. The van der Waals surface area contributed by atoms with Crippen LogP contribution in [0.25, 0.3) is 0 Å². The van der Waals surface area contributed by atoms with Gasteiger partial charge in [-0.15, -0.1) is 11.6 Å². The molecule has 19 heavy (non-hydrogen) atoms. The third kappa shape index (κ3) is 1.88. The summed E-state index contributed by atoms with van der Waals surface area (Å²) in [4.78, 5) is 14.9. The standard InChI is InChI=1S/C14H10ClNO2S/c15-9-14(17)16-10-5-1-3-7-12(10)19(18)13-8-4-2-6-11(13)16/h1-8H,9H2. The molecule has 0 aliphatic carbocycles. The quantitative estimate of drug-likeness (QED) is 0.757. The Hall–Kier alpha value is -1.65. The molecule has 0 N–H and O–H groups in total. The second-order valence-electron chi connectivity index (χ2n) is 4.07. The van der Waals surface area contributed by atoms with E-state index < -0.39 is 10.8 Å². The van der Waals surface area contributed by atoms with E-state index in [4.69, 9.17) is 11.6 Å². The maximum absolute atomic E-state index is 12.5. The molecule has 1 aliphatic heterocycles. The smallest absolute Gasteiger partial charge is 0.246 e. The summed E-state index contributed by atoms with van der Waals surface area (Å²) in [6.45, 7) is 0. The van der Waals surface area contributed by atoms with E-state index in [1.807, 2.05) is 24.3 Å². The Morgan fingerprint density at radius 2 is 1.47 bits per heavy atom. The summed E-state index contributed by atoms with van der Waals surface area (Å²) in [6, 6.07) is 14.4. The molecule has 0 atom stereocenters. The van der Waals surface area contributed by atoms with Crippen molar-refractivity contribution in [2.75, 3.05) is 10.8 Å². The predicted octanol–water partition coefficient (Wildman–Crippen LogP) is 3.07. The van der Waals surface area contributed by atoms with Crippen molar-refractivity contribution in [1.29, 1.82) is 0 Å². The molecule has 0 saturated heterocycles. The number of hydrogen-bond donors (Lipinski definition) is 0. The molecule has 0 fully saturated rings.